The lowest BCUT2D eigenvalue weighted by atomic mass is 10.1. The van der Waals surface area contributed by atoms with Crippen LogP contribution in [0.25, 0.3) is 0 Å². The van der Waals surface area contributed by atoms with E-state index in [0.717, 1.165) is 25.9 Å². The molecule has 1 N–H and O–H groups in total. The van der Waals surface area contributed by atoms with E-state index in [-0.39, 0.29) is 17.8 Å². The van der Waals surface area contributed by atoms with Crippen LogP contribution in [-0.4, -0.2) is 53.8 Å². The molecule has 2 aliphatic heterocycles. The molecule has 2 heterocycles. The number of hydrogen-bond donors (Lipinski definition) is 1. The number of carbonyl (C=O) groups excluding carboxylic acids is 3. The summed E-state index contributed by atoms with van der Waals surface area (Å²) in [5.41, 5.74) is 0.935. The molecule has 0 aromatic heterocycles. The number of hydrogen-bond acceptors (Lipinski definition) is 3. The van der Waals surface area contributed by atoms with E-state index < -0.39 is 0 Å². The molecule has 4 amide bonds. The summed E-state index contributed by atoms with van der Waals surface area (Å²) >= 11 is 0. The fourth-order valence-electron chi connectivity index (χ4n) is 3.08. The summed E-state index contributed by atoms with van der Waals surface area (Å²) in [6.07, 6.45) is 3.86. The molecule has 1 fully saturated rings. The molecular weight excluding hydrogens is 294 g/mol. The summed E-state index contributed by atoms with van der Waals surface area (Å²) in [5.74, 6) is -0.485. The van der Waals surface area contributed by atoms with Crippen LogP contribution < -0.4 is 5.32 Å². The second kappa shape index (κ2) is 6.81. The molecule has 0 unspecified atom stereocenters. The van der Waals surface area contributed by atoms with Crippen LogP contribution >= 0.6 is 0 Å². The number of nitrogens with zero attached hydrogens (tertiary/aromatic N) is 2. The quantitative estimate of drug-likeness (QED) is 0.681. The molecule has 0 saturated carbocycles. The van der Waals surface area contributed by atoms with Crippen molar-refractivity contribution in [3.8, 4) is 0 Å². The predicted octanol–water partition coefficient (Wildman–Crippen LogP) is 1.87. The summed E-state index contributed by atoms with van der Waals surface area (Å²) < 4.78 is 0. The van der Waals surface area contributed by atoms with Gasteiger partial charge in [0.1, 0.15) is 0 Å². The first-order chi connectivity index (χ1) is 11.2. The number of piperidine rings is 1. The number of urea groups is 1. The van der Waals surface area contributed by atoms with Gasteiger partial charge in [-0.3, -0.25) is 14.5 Å². The van der Waals surface area contributed by atoms with E-state index in [4.69, 9.17) is 0 Å². The van der Waals surface area contributed by atoms with Crippen LogP contribution in [0.15, 0.2) is 24.3 Å². The number of imide groups is 1. The van der Waals surface area contributed by atoms with Crippen molar-refractivity contribution in [2.75, 3.05) is 26.2 Å². The Kier molecular flexibility index (Phi) is 4.60. The van der Waals surface area contributed by atoms with Crippen molar-refractivity contribution in [2.24, 2.45) is 0 Å². The molecule has 2 aliphatic rings. The molecule has 0 bridgehead atoms. The zero-order valence-electron chi connectivity index (χ0n) is 13.1. The van der Waals surface area contributed by atoms with E-state index in [9.17, 15) is 14.4 Å². The Balaban J connectivity index is 1.46. The summed E-state index contributed by atoms with van der Waals surface area (Å²) in [5, 5.41) is 2.86. The first-order valence-electron chi connectivity index (χ1n) is 8.16. The molecule has 3 rings (SSSR count). The molecule has 23 heavy (non-hydrogen) atoms. The fourth-order valence-corrected chi connectivity index (χ4v) is 3.08. The topological polar surface area (TPSA) is 69.7 Å². The van der Waals surface area contributed by atoms with Crippen LogP contribution in [0.4, 0.5) is 4.79 Å². The average Bonchev–Trinajstić information content (AvgIpc) is 2.84. The highest BCUT2D eigenvalue weighted by Gasteiger charge is 2.34. The Hall–Kier alpha value is -2.37. The zero-order valence-corrected chi connectivity index (χ0v) is 13.1. The summed E-state index contributed by atoms with van der Waals surface area (Å²) in [6, 6.07) is 6.81. The summed E-state index contributed by atoms with van der Waals surface area (Å²) in [7, 11) is 0. The van der Waals surface area contributed by atoms with Gasteiger partial charge in [-0.1, -0.05) is 12.1 Å². The summed E-state index contributed by atoms with van der Waals surface area (Å²) in [4.78, 5) is 39.4. The van der Waals surface area contributed by atoms with Crippen LogP contribution in [-0.2, 0) is 0 Å². The van der Waals surface area contributed by atoms with Crippen molar-refractivity contribution < 1.29 is 14.4 Å². The predicted molar refractivity (Wildman–Crippen MR) is 85.2 cm³/mol. The summed E-state index contributed by atoms with van der Waals surface area (Å²) in [6.45, 7) is 2.41. The standard InChI is InChI=1S/C17H21N3O3/c21-15-13-7-2-3-8-14(13)16(22)20(15)12-6-9-18-17(23)19-10-4-1-5-11-19/h2-3,7-8H,1,4-6,9-12H2,(H,18,23). The fraction of sp³-hybridized carbons (Fsp3) is 0.471. The minimum Gasteiger partial charge on any atom is -0.338 e. The van der Waals surface area contributed by atoms with Crippen LogP contribution in [0, 0.1) is 0 Å². The molecule has 0 spiro atoms. The highest BCUT2D eigenvalue weighted by molar-refractivity contribution is 6.21. The van der Waals surface area contributed by atoms with Crippen LogP contribution in [0.1, 0.15) is 46.4 Å². The van der Waals surface area contributed by atoms with Crippen molar-refractivity contribution in [3.05, 3.63) is 35.4 Å². The number of carbonyl (C=O) groups is 3. The molecule has 0 aliphatic carbocycles. The third-order valence-corrected chi connectivity index (χ3v) is 4.36. The van der Waals surface area contributed by atoms with Gasteiger partial charge in [0.05, 0.1) is 11.1 Å². The highest BCUT2D eigenvalue weighted by atomic mass is 16.2. The Morgan fingerprint density at radius 2 is 1.61 bits per heavy atom. The van der Waals surface area contributed by atoms with E-state index >= 15 is 0 Å². The van der Waals surface area contributed by atoms with Gasteiger partial charge < -0.3 is 10.2 Å². The van der Waals surface area contributed by atoms with Gasteiger partial charge in [0.2, 0.25) is 0 Å². The Labute approximate surface area is 135 Å². The van der Waals surface area contributed by atoms with Gasteiger partial charge >= 0.3 is 6.03 Å². The largest absolute Gasteiger partial charge is 0.338 e. The minimum atomic E-state index is -0.243. The maximum Gasteiger partial charge on any atom is 0.317 e. The molecule has 6 heteroatoms. The van der Waals surface area contributed by atoms with E-state index in [1.165, 1.54) is 11.3 Å². The number of likely N-dealkylation sites (tertiary alicyclic amines) is 1. The van der Waals surface area contributed by atoms with Crippen molar-refractivity contribution in [2.45, 2.75) is 25.7 Å². The van der Waals surface area contributed by atoms with E-state index in [0.29, 0.717) is 30.6 Å². The smallest absolute Gasteiger partial charge is 0.317 e. The van der Waals surface area contributed by atoms with Gasteiger partial charge in [0, 0.05) is 26.2 Å². The molecule has 122 valence electrons. The maximum absolute atomic E-state index is 12.2. The Morgan fingerprint density at radius 3 is 2.22 bits per heavy atom. The molecule has 0 atom stereocenters. The zero-order chi connectivity index (χ0) is 16.2. The van der Waals surface area contributed by atoms with Crippen molar-refractivity contribution in [1.82, 2.24) is 15.1 Å². The second-order valence-electron chi connectivity index (χ2n) is 5.94. The first-order valence-corrected chi connectivity index (χ1v) is 8.16. The van der Waals surface area contributed by atoms with E-state index in [1.54, 1.807) is 24.3 Å². The molecule has 0 radical (unpaired) electrons. The number of amides is 4. The number of fused-ring (bicyclic) bond motifs is 1. The number of rotatable bonds is 4. The Bertz CT molecular complexity index is 588. The van der Waals surface area contributed by atoms with Gasteiger partial charge in [0.15, 0.2) is 0 Å². The lowest BCUT2D eigenvalue weighted by Crippen LogP contribution is -2.43. The average molecular weight is 315 g/mol. The molecule has 1 aromatic rings. The first kappa shape index (κ1) is 15.5. The lowest BCUT2D eigenvalue weighted by molar-refractivity contribution is 0.0653. The van der Waals surface area contributed by atoms with Gasteiger partial charge in [-0.15, -0.1) is 0 Å². The van der Waals surface area contributed by atoms with Crippen LogP contribution in [0.3, 0.4) is 0 Å². The van der Waals surface area contributed by atoms with Crippen LogP contribution in [0.2, 0.25) is 0 Å². The normalized spacial score (nSPS) is 17.4. The monoisotopic (exact) mass is 315 g/mol. The maximum atomic E-state index is 12.2. The number of nitrogens with one attached hydrogen (secondary N) is 1. The van der Waals surface area contributed by atoms with E-state index in [2.05, 4.69) is 5.32 Å². The second-order valence-corrected chi connectivity index (χ2v) is 5.94. The van der Waals surface area contributed by atoms with Crippen molar-refractivity contribution in [1.29, 1.82) is 0 Å². The SMILES string of the molecule is O=C(NCCCN1C(=O)c2ccccc2C1=O)N1CCCCC1. The van der Waals surface area contributed by atoms with Crippen LogP contribution in [0.5, 0.6) is 0 Å². The number of benzene rings is 1. The van der Waals surface area contributed by atoms with Crippen molar-refractivity contribution >= 4 is 17.8 Å². The third kappa shape index (κ3) is 3.21. The van der Waals surface area contributed by atoms with Crippen molar-refractivity contribution in [3.63, 3.8) is 0 Å². The third-order valence-electron chi connectivity index (χ3n) is 4.36. The van der Waals surface area contributed by atoms with Gasteiger partial charge in [-0.2, -0.15) is 0 Å². The highest BCUT2D eigenvalue weighted by Crippen LogP contribution is 2.22. The Morgan fingerprint density at radius 1 is 1.00 bits per heavy atom. The minimum absolute atomic E-state index is 0.0490. The van der Waals surface area contributed by atoms with E-state index in [1.807, 2.05) is 4.90 Å². The molecule has 6 nitrogen and oxygen atoms in total. The molecule has 1 aromatic carbocycles. The molecular formula is C17H21N3O3. The lowest BCUT2D eigenvalue weighted by Gasteiger charge is -2.26. The van der Waals surface area contributed by atoms with Gasteiger partial charge in [0.25, 0.3) is 11.8 Å². The molecule has 1 saturated heterocycles. The van der Waals surface area contributed by atoms with Gasteiger partial charge in [-0.05, 0) is 37.8 Å². The van der Waals surface area contributed by atoms with Gasteiger partial charge in [-0.25, -0.2) is 4.79 Å².